The van der Waals surface area contributed by atoms with Crippen LogP contribution in [0.2, 0.25) is 0 Å². The second-order valence-electron chi connectivity index (χ2n) is 7.31. The van der Waals surface area contributed by atoms with Crippen LogP contribution in [0.25, 0.3) is 0 Å². The van der Waals surface area contributed by atoms with Crippen molar-refractivity contribution >= 4 is 29.6 Å². The molecule has 2 aromatic rings. The molecule has 0 aliphatic heterocycles. The number of hydrogen-bond acceptors (Lipinski definition) is 6. The van der Waals surface area contributed by atoms with Crippen molar-refractivity contribution in [2.75, 3.05) is 18.5 Å². The molecule has 0 spiro atoms. The molecule has 33 heavy (non-hydrogen) atoms. The lowest BCUT2D eigenvalue weighted by Gasteiger charge is -2.13. The van der Waals surface area contributed by atoms with Crippen molar-refractivity contribution < 1.29 is 23.9 Å². The zero-order valence-corrected chi connectivity index (χ0v) is 19.3. The van der Waals surface area contributed by atoms with Crippen LogP contribution in [0.4, 0.5) is 5.69 Å². The van der Waals surface area contributed by atoms with Crippen molar-refractivity contribution in [3.8, 4) is 11.5 Å². The van der Waals surface area contributed by atoms with Gasteiger partial charge in [-0.05, 0) is 62.6 Å². The number of carbonyl (C=O) groups excluding carboxylic acids is 3. The van der Waals surface area contributed by atoms with E-state index in [-0.39, 0.29) is 18.6 Å². The molecule has 0 atom stereocenters. The lowest BCUT2D eigenvalue weighted by atomic mass is 10.1. The van der Waals surface area contributed by atoms with Crippen LogP contribution in [-0.2, 0) is 20.8 Å². The van der Waals surface area contributed by atoms with Crippen molar-refractivity contribution in [3.05, 3.63) is 53.6 Å². The third-order valence-electron chi connectivity index (χ3n) is 4.30. The first-order valence-electron chi connectivity index (χ1n) is 10.7. The van der Waals surface area contributed by atoms with E-state index < -0.39 is 11.8 Å². The highest BCUT2D eigenvalue weighted by atomic mass is 16.5. The van der Waals surface area contributed by atoms with Gasteiger partial charge in [0.1, 0.15) is 0 Å². The van der Waals surface area contributed by atoms with E-state index >= 15 is 0 Å². The van der Waals surface area contributed by atoms with Crippen molar-refractivity contribution in [3.63, 3.8) is 0 Å². The first-order chi connectivity index (χ1) is 15.8. The first-order valence-corrected chi connectivity index (χ1v) is 10.7. The number of anilines is 1. The third-order valence-corrected chi connectivity index (χ3v) is 4.30. The van der Waals surface area contributed by atoms with Gasteiger partial charge in [-0.25, -0.2) is 5.43 Å². The Bertz CT molecular complexity index is 1000. The Labute approximate surface area is 193 Å². The van der Waals surface area contributed by atoms with Gasteiger partial charge >= 0.3 is 11.8 Å². The number of carbonyl (C=O) groups is 3. The lowest BCUT2D eigenvalue weighted by Crippen LogP contribution is -2.41. The largest absolute Gasteiger partial charge is 0.490 e. The topological polar surface area (TPSA) is 118 Å². The number of amides is 3. The summed E-state index contributed by atoms with van der Waals surface area (Å²) in [5, 5.41) is 9.12. The monoisotopic (exact) mass is 454 g/mol. The Morgan fingerprint density at radius 3 is 2.45 bits per heavy atom. The minimum atomic E-state index is -0.861. The summed E-state index contributed by atoms with van der Waals surface area (Å²) in [5.74, 6) is -1.09. The van der Waals surface area contributed by atoms with Gasteiger partial charge < -0.3 is 20.1 Å². The summed E-state index contributed by atoms with van der Waals surface area (Å²) in [5.41, 5.74) is 4.58. The van der Waals surface area contributed by atoms with Crippen molar-refractivity contribution in [2.45, 2.75) is 40.2 Å². The molecule has 0 unspecified atom stereocenters. The van der Waals surface area contributed by atoms with Crippen LogP contribution in [0, 0.1) is 0 Å². The Hall–Kier alpha value is -3.88. The molecule has 9 nitrogen and oxygen atoms in total. The molecular formula is C24H30N4O5. The summed E-state index contributed by atoms with van der Waals surface area (Å²) in [6, 6.07) is 12.4. The van der Waals surface area contributed by atoms with Crippen LogP contribution in [-0.4, -0.2) is 43.2 Å². The van der Waals surface area contributed by atoms with Gasteiger partial charge in [-0.3, -0.25) is 14.4 Å². The van der Waals surface area contributed by atoms with Gasteiger partial charge in [-0.2, -0.15) is 5.10 Å². The molecule has 0 saturated carbocycles. The quantitative estimate of drug-likeness (QED) is 0.290. The zero-order valence-electron chi connectivity index (χ0n) is 19.3. The lowest BCUT2D eigenvalue weighted by molar-refractivity contribution is -0.139. The maximum atomic E-state index is 12.3. The highest BCUT2D eigenvalue weighted by Gasteiger charge is 2.13. The molecule has 176 valence electrons. The third kappa shape index (κ3) is 8.29. The van der Waals surface area contributed by atoms with Crippen molar-refractivity contribution in [1.82, 2.24) is 10.7 Å². The van der Waals surface area contributed by atoms with Crippen LogP contribution < -0.4 is 25.5 Å². The average Bonchev–Trinajstić information content (AvgIpc) is 2.78. The number of benzene rings is 2. The first kappa shape index (κ1) is 25.4. The molecule has 0 bridgehead atoms. The van der Waals surface area contributed by atoms with E-state index in [0.717, 1.165) is 17.7 Å². The smallest absolute Gasteiger partial charge is 0.329 e. The average molecular weight is 455 g/mol. The van der Waals surface area contributed by atoms with E-state index in [1.807, 2.05) is 38.1 Å². The fourth-order valence-corrected chi connectivity index (χ4v) is 2.82. The van der Waals surface area contributed by atoms with Crippen molar-refractivity contribution in [1.29, 1.82) is 0 Å². The van der Waals surface area contributed by atoms with Gasteiger partial charge in [-0.15, -0.1) is 0 Å². The summed E-state index contributed by atoms with van der Waals surface area (Å²) in [6.45, 7) is 7.55. The number of hydrogen-bond donors (Lipinski definition) is 3. The number of nitrogens with one attached hydrogen (secondary N) is 3. The summed E-state index contributed by atoms with van der Waals surface area (Å²) in [7, 11) is 0. The molecule has 2 rings (SSSR count). The van der Waals surface area contributed by atoms with E-state index in [1.54, 1.807) is 32.0 Å². The summed E-state index contributed by atoms with van der Waals surface area (Å²) in [4.78, 5) is 35.6. The number of aryl methyl sites for hydroxylation is 1. The van der Waals surface area contributed by atoms with E-state index in [4.69, 9.17) is 9.47 Å². The SMILES string of the molecule is CCOc1cc(/C=N\NC(=O)C(=O)NC(C)C)ccc1OCC(=O)Nc1ccccc1CC. The molecule has 2 aromatic carbocycles. The molecule has 0 aliphatic carbocycles. The summed E-state index contributed by atoms with van der Waals surface area (Å²) < 4.78 is 11.3. The van der Waals surface area contributed by atoms with E-state index in [2.05, 4.69) is 21.2 Å². The molecule has 0 radical (unpaired) electrons. The molecular weight excluding hydrogens is 424 g/mol. The van der Waals surface area contributed by atoms with Gasteiger partial charge in [0.2, 0.25) is 0 Å². The molecule has 0 heterocycles. The minimum Gasteiger partial charge on any atom is -0.490 e. The minimum absolute atomic E-state index is 0.156. The fourth-order valence-electron chi connectivity index (χ4n) is 2.82. The molecule has 0 saturated heterocycles. The van der Waals surface area contributed by atoms with Gasteiger partial charge in [0.25, 0.3) is 5.91 Å². The van der Waals surface area contributed by atoms with E-state index in [9.17, 15) is 14.4 Å². The number of ether oxygens (including phenoxy) is 2. The standard InChI is InChI=1S/C24H30N4O5/c1-5-18-9-7-8-10-19(18)27-22(29)15-33-20-12-11-17(13-21(20)32-6-2)14-25-28-24(31)23(30)26-16(3)4/h7-14,16H,5-6,15H2,1-4H3,(H,26,30)(H,27,29)(H,28,31)/b25-14-. The summed E-state index contributed by atoms with van der Waals surface area (Å²) in [6.07, 6.45) is 2.18. The van der Waals surface area contributed by atoms with E-state index in [1.165, 1.54) is 6.21 Å². The highest BCUT2D eigenvalue weighted by Crippen LogP contribution is 2.28. The zero-order chi connectivity index (χ0) is 24.2. The fraction of sp³-hybridized carbons (Fsp3) is 0.333. The Kier molecular flexibility index (Phi) is 9.88. The number of hydrazone groups is 1. The Morgan fingerprint density at radius 2 is 1.76 bits per heavy atom. The van der Waals surface area contributed by atoms with Crippen LogP contribution in [0.1, 0.15) is 38.8 Å². The molecule has 9 heteroatoms. The molecule has 0 aromatic heterocycles. The van der Waals surface area contributed by atoms with Gasteiger partial charge in [0, 0.05) is 11.7 Å². The van der Waals surface area contributed by atoms with Crippen molar-refractivity contribution in [2.24, 2.45) is 5.10 Å². The predicted octanol–water partition coefficient (Wildman–Crippen LogP) is 2.64. The maximum absolute atomic E-state index is 12.3. The number of rotatable bonds is 10. The highest BCUT2D eigenvalue weighted by molar-refractivity contribution is 6.35. The summed E-state index contributed by atoms with van der Waals surface area (Å²) >= 11 is 0. The van der Waals surface area contributed by atoms with Crippen LogP contribution >= 0.6 is 0 Å². The molecule has 0 fully saturated rings. The van der Waals surface area contributed by atoms with Gasteiger partial charge in [0.15, 0.2) is 18.1 Å². The van der Waals surface area contributed by atoms with Crippen LogP contribution in [0.15, 0.2) is 47.6 Å². The normalized spacial score (nSPS) is 10.7. The second-order valence-corrected chi connectivity index (χ2v) is 7.31. The molecule has 0 aliphatic rings. The Morgan fingerprint density at radius 1 is 1.00 bits per heavy atom. The molecule has 3 N–H and O–H groups in total. The molecule has 3 amide bonds. The van der Waals surface area contributed by atoms with Gasteiger partial charge in [-0.1, -0.05) is 25.1 Å². The maximum Gasteiger partial charge on any atom is 0.329 e. The van der Waals surface area contributed by atoms with Crippen LogP contribution in [0.3, 0.4) is 0 Å². The van der Waals surface area contributed by atoms with Gasteiger partial charge in [0.05, 0.1) is 12.8 Å². The second kappa shape index (κ2) is 12.8. The van der Waals surface area contributed by atoms with E-state index in [0.29, 0.717) is 23.7 Å². The Balaban J connectivity index is 1.99. The number of nitrogens with zero attached hydrogens (tertiary/aromatic N) is 1. The predicted molar refractivity (Wildman–Crippen MR) is 127 cm³/mol. The van der Waals surface area contributed by atoms with Crippen LogP contribution in [0.5, 0.6) is 11.5 Å². The number of para-hydroxylation sites is 1.